The van der Waals surface area contributed by atoms with Crippen molar-refractivity contribution in [3.05, 3.63) is 16.9 Å². The van der Waals surface area contributed by atoms with Gasteiger partial charge in [0.2, 0.25) is 0 Å². The lowest BCUT2D eigenvalue weighted by molar-refractivity contribution is 0.0124. The molecule has 1 aliphatic heterocycles. The minimum atomic E-state index is -0.274. The molecule has 0 aliphatic carbocycles. The van der Waals surface area contributed by atoms with Crippen molar-refractivity contribution in [2.45, 2.75) is 13.5 Å². The fourth-order valence-electron chi connectivity index (χ4n) is 1.58. The summed E-state index contributed by atoms with van der Waals surface area (Å²) in [6.07, 6.45) is 1.65. The van der Waals surface area contributed by atoms with Gasteiger partial charge in [0.15, 0.2) is 5.69 Å². The van der Waals surface area contributed by atoms with Crippen molar-refractivity contribution in [2.75, 3.05) is 26.3 Å². The number of aryl methyl sites for hydroxylation is 1. The Bertz CT molecular complexity index is 401. The summed E-state index contributed by atoms with van der Waals surface area (Å²) in [5.74, 6) is -0.274. The Hall–Kier alpha value is -1.11. The first-order valence-corrected chi connectivity index (χ1v) is 5.95. The van der Waals surface area contributed by atoms with E-state index in [2.05, 4.69) is 10.5 Å². The van der Waals surface area contributed by atoms with Crippen LogP contribution in [0, 0.1) is 0 Å². The number of nitrogens with zero attached hydrogens (tertiary/aromatic N) is 3. The molecule has 7 heteroatoms. The molecule has 0 unspecified atom stereocenters. The predicted octanol–water partition coefficient (Wildman–Crippen LogP) is 0.533. The standard InChI is InChI=1S/C10H15ClN4O2/c1-2-14-7-8(11)9(12-14)10(16)13-15-3-5-17-6-4-15/h7H,2-6H2,1H3,(H,13,16). The molecule has 0 saturated carbocycles. The van der Waals surface area contributed by atoms with Crippen LogP contribution in [0.25, 0.3) is 0 Å². The van der Waals surface area contributed by atoms with E-state index in [1.807, 2.05) is 11.9 Å². The molecule has 0 atom stereocenters. The Morgan fingerprint density at radius 1 is 1.59 bits per heavy atom. The van der Waals surface area contributed by atoms with Gasteiger partial charge in [-0.2, -0.15) is 5.10 Å². The third-order valence-corrected chi connectivity index (χ3v) is 2.80. The van der Waals surface area contributed by atoms with E-state index in [9.17, 15) is 4.79 Å². The van der Waals surface area contributed by atoms with Crippen molar-refractivity contribution in [1.29, 1.82) is 0 Å². The summed E-state index contributed by atoms with van der Waals surface area (Å²) in [5, 5.41) is 6.29. The van der Waals surface area contributed by atoms with Crippen molar-refractivity contribution in [3.63, 3.8) is 0 Å². The third-order valence-electron chi connectivity index (χ3n) is 2.53. The number of amides is 1. The summed E-state index contributed by atoms with van der Waals surface area (Å²) in [5.41, 5.74) is 3.03. The van der Waals surface area contributed by atoms with Gasteiger partial charge in [0.25, 0.3) is 5.91 Å². The maximum atomic E-state index is 11.9. The Morgan fingerprint density at radius 2 is 2.29 bits per heavy atom. The van der Waals surface area contributed by atoms with Gasteiger partial charge < -0.3 is 4.74 Å². The first-order chi connectivity index (χ1) is 8.20. The van der Waals surface area contributed by atoms with Gasteiger partial charge in [0.05, 0.1) is 18.2 Å². The van der Waals surface area contributed by atoms with Crippen LogP contribution in [0.15, 0.2) is 6.20 Å². The van der Waals surface area contributed by atoms with E-state index in [4.69, 9.17) is 16.3 Å². The number of nitrogens with one attached hydrogen (secondary N) is 1. The van der Waals surface area contributed by atoms with Gasteiger partial charge in [-0.15, -0.1) is 0 Å². The molecule has 0 bridgehead atoms. The number of rotatable bonds is 3. The molecule has 2 heterocycles. The number of aromatic nitrogens is 2. The second kappa shape index (κ2) is 5.48. The number of hydrogen-bond acceptors (Lipinski definition) is 4. The summed E-state index contributed by atoms with van der Waals surface area (Å²) in [7, 11) is 0. The second-order valence-electron chi connectivity index (χ2n) is 3.72. The molecule has 0 spiro atoms. The van der Waals surface area contributed by atoms with Gasteiger partial charge in [-0.3, -0.25) is 14.9 Å². The van der Waals surface area contributed by atoms with E-state index >= 15 is 0 Å². The van der Waals surface area contributed by atoms with Crippen molar-refractivity contribution in [1.82, 2.24) is 20.2 Å². The highest BCUT2D eigenvalue weighted by atomic mass is 35.5. The van der Waals surface area contributed by atoms with Crippen LogP contribution in [-0.4, -0.2) is 47.0 Å². The quantitative estimate of drug-likeness (QED) is 0.860. The number of halogens is 1. The van der Waals surface area contributed by atoms with E-state index in [0.29, 0.717) is 37.9 Å². The zero-order valence-electron chi connectivity index (χ0n) is 9.65. The molecule has 6 nitrogen and oxygen atoms in total. The van der Waals surface area contributed by atoms with Gasteiger partial charge in [-0.25, -0.2) is 5.01 Å². The molecular weight excluding hydrogens is 244 g/mol. The molecular formula is C10H15ClN4O2. The SMILES string of the molecule is CCn1cc(Cl)c(C(=O)NN2CCOCC2)n1. The third kappa shape index (κ3) is 2.96. The van der Waals surface area contributed by atoms with Crippen molar-refractivity contribution in [3.8, 4) is 0 Å². The largest absolute Gasteiger partial charge is 0.379 e. The molecule has 0 radical (unpaired) electrons. The molecule has 1 aromatic heterocycles. The molecule has 1 N–H and O–H groups in total. The number of hydrogen-bond donors (Lipinski definition) is 1. The molecule has 0 aromatic carbocycles. The summed E-state index contributed by atoms with van der Waals surface area (Å²) in [4.78, 5) is 11.9. The van der Waals surface area contributed by atoms with E-state index in [1.165, 1.54) is 0 Å². The van der Waals surface area contributed by atoms with Gasteiger partial charge in [-0.1, -0.05) is 11.6 Å². The van der Waals surface area contributed by atoms with Crippen LogP contribution in [0.2, 0.25) is 5.02 Å². The van der Waals surface area contributed by atoms with Gasteiger partial charge in [0, 0.05) is 25.8 Å². The van der Waals surface area contributed by atoms with E-state index in [0.717, 1.165) is 0 Å². The monoisotopic (exact) mass is 258 g/mol. The number of carbonyl (C=O) groups is 1. The van der Waals surface area contributed by atoms with Crippen LogP contribution in [0.3, 0.4) is 0 Å². The zero-order valence-corrected chi connectivity index (χ0v) is 10.4. The maximum Gasteiger partial charge on any atom is 0.287 e. The Labute approximate surface area is 104 Å². The predicted molar refractivity (Wildman–Crippen MR) is 62.8 cm³/mol. The molecule has 2 rings (SSSR count). The van der Waals surface area contributed by atoms with E-state index in [1.54, 1.807) is 10.9 Å². The lowest BCUT2D eigenvalue weighted by Gasteiger charge is -2.26. The number of ether oxygens (including phenoxy) is 1. The van der Waals surface area contributed by atoms with Crippen LogP contribution >= 0.6 is 11.6 Å². The highest BCUT2D eigenvalue weighted by molar-refractivity contribution is 6.33. The second-order valence-corrected chi connectivity index (χ2v) is 4.13. The summed E-state index contributed by atoms with van der Waals surface area (Å²) in [6, 6.07) is 0. The lowest BCUT2D eigenvalue weighted by atomic mass is 10.4. The van der Waals surface area contributed by atoms with Gasteiger partial charge >= 0.3 is 0 Å². The van der Waals surface area contributed by atoms with E-state index in [-0.39, 0.29) is 11.6 Å². The van der Waals surface area contributed by atoms with Crippen molar-refractivity contribution in [2.24, 2.45) is 0 Å². The Balaban J connectivity index is 2.00. The fourth-order valence-corrected chi connectivity index (χ4v) is 1.82. The number of carbonyl (C=O) groups excluding carboxylic acids is 1. The highest BCUT2D eigenvalue weighted by Crippen LogP contribution is 2.13. The number of hydrazine groups is 1. The summed E-state index contributed by atoms with van der Waals surface area (Å²) < 4.78 is 6.83. The zero-order chi connectivity index (χ0) is 12.3. The molecule has 1 amide bonds. The van der Waals surface area contributed by atoms with Crippen molar-refractivity contribution >= 4 is 17.5 Å². The normalized spacial score (nSPS) is 17.1. The Kier molecular flexibility index (Phi) is 3.98. The van der Waals surface area contributed by atoms with Gasteiger partial charge in [0.1, 0.15) is 0 Å². The lowest BCUT2D eigenvalue weighted by Crippen LogP contribution is -2.48. The van der Waals surface area contributed by atoms with Crippen LogP contribution in [0.4, 0.5) is 0 Å². The topological polar surface area (TPSA) is 59.4 Å². The minimum Gasteiger partial charge on any atom is -0.379 e. The fraction of sp³-hybridized carbons (Fsp3) is 0.600. The van der Waals surface area contributed by atoms with Crippen LogP contribution < -0.4 is 5.43 Å². The Morgan fingerprint density at radius 3 is 2.88 bits per heavy atom. The molecule has 94 valence electrons. The average Bonchev–Trinajstić information content (AvgIpc) is 2.72. The molecule has 1 fully saturated rings. The minimum absolute atomic E-state index is 0.264. The van der Waals surface area contributed by atoms with Crippen molar-refractivity contribution < 1.29 is 9.53 Å². The van der Waals surface area contributed by atoms with Crippen LogP contribution in [0.5, 0.6) is 0 Å². The maximum absolute atomic E-state index is 11.9. The molecule has 17 heavy (non-hydrogen) atoms. The van der Waals surface area contributed by atoms with E-state index < -0.39 is 0 Å². The first kappa shape index (κ1) is 12.3. The average molecular weight is 259 g/mol. The van der Waals surface area contributed by atoms with Crippen LogP contribution in [-0.2, 0) is 11.3 Å². The smallest absolute Gasteiger partial charge is 0.287 e. The molecule has 1 aliphatic rings. The molecule has 1 aromatic rings. The highest BCUT2D eigenvalue weighted by Gasteiger charge is 2.19. The molecule has 1 saturated heterocycles. The summed E-state index contributed by atoms with van der Waals surface area (Å²) >= 11 is 5.95. The number of morpholine rings is 1. The van der Waals surface area contributed by atoms with Crippen LogP contribution in [0.1, 0.15) is 17.4 Å². The first-order valence-electron chi connectivity index (χ1n) is 5.57. The van der Waals surface area contributed by atoms with Gasteiger partial charge in [-0.05, 0) is 6.92 Å². The summed E-state index contributed by atoms with van der Waals surface area (Å²) in [6.45, 7) is 5.22.